The number of aliphatic hydroxyl groups is 2. The molecule has 0 aliphatic rings. The monoisotopic (exact) mass is 276 g/mol. The molecular formula is C13H24O6. The molecule has 0 fully saturated rings. The van der Waals surface area contributed by atoms with Crippen molar-refractivity contribution in [1.82, 2.24) is 0 Å². The first-order valence-corrected chi connectivity index (χ1v) is 6.67. The van der Waals surface area contributed by atoms with Crippen molar-refractivity contribution in [3.8, 4) is 0 Å². The van der Waals surface area contributed by atoms with Crippen molar-refractivity contribution in [2.75, 3.05) is 26.4 Å². The van der Waals surface area contributed by atoms with E-state index in [0.29, 0.717) is 12.8 Å². The van der Waals surface area contributed by atoms with Crippen LogP contribution >= 0.6 is 0 Å². The number of aliphatic hydroxyl groups excluding tert-OH is 2. The van der Waals surface area contributed by atoms with Gasteiger partial charge in [-0.25, -0.2) is 0 Å². The van der Waals surface area contributed by atoms with Gasteiger partial charge < -0.3 is 19.7 Å². The molecule has 19 heavy (non-hydrogen) atoms. The number of hydrogen-bond acceptors (Lipinski definition) is 6. The molecule has 6 heteroatoms. The lowest BCUT2D eigenvalue weighted by Crippen LogP contribution is -2.33. The van der Waals surface area contributed by atoms with Gasteiger partial charge in [-0.1, -0.05) is 20.3 Å². The first-order chi connectivity index (χ1) is 9.12. The third-order valence-electron chi connectivity index (χ3n) is 2.80. The van der Waals surface area contributed by atoms with Crippen LogP contribution in [0.1, 0.15) is 33.1 Å². The molecule has 0 heterocycles. The van der Waals surface area contributed by atoms with Crippen molar-refractivity contribution in [3.05, 3.63) is 0 Å². The molecule has 0 saturated heterocycles. The van der Waals surface area contributed by atoms with E-state index in [2.05, 4.69) is 0 Å². The van der Waals surface area contributed by atoms with Gasteiger partial charge in [-0.2, -0.15) is 0 Å². The number of carbonyl (C=O) groups is 2. The molecule has 0 spiro atoms. The topological polar surface area (TPSA) is 93.1 Å². The van der Waals surface area contributed by atoms with Gasteiger partial charge >= 0.3 is 11.9 Å². The minimum atomic E-state index is -0.572. The van der Waals surface area contributed by atoms with Crippen molar-refractivity contribution < 1.29 is 29.3 Å². The Balaban J connectivity index is 4.68. The highest BCUT2D eigenvalue weighted by molar-refractivity contribution is 5.82. The van der Waals surface area contributed by atoms with Crippen molar-refractivity contribution in [3.63, 3.8) is 0 Å². The van der Waals surface area contributed by atoms with Crippen molar-refractivity contribution in [2.24, 2.45) is 11.8 Å². The van der Waals surface area contributed by atoms with Gasteiger partial charge in [0, 0.05) is 0 Å². The Hall–Kier alpha value is -1.14. The molecule has 0 amide bonds. The smallest absolute Gasteiger partial charge is 0.309 e. The molecule has 112 valence electrons. The van der Waals surface area contributed by atoms with Gasteiger partial charge in [-0.15, -0.1) is 0 Å². The maximum Gasteiger partial charge on any atom is 0.309 e. The van der Waals surface area contributed by atoms with E-state index in [1.807, 2.05) is 6.92 Å². The Labute approximate surface area is 113 Å². The molecule has 0 bridgehead atoms. The summed E-state index contributed by atoms with van der Waals surface area (Å²) in [6.45, 7) is 3.10. The molecule has 2 atom stereocenters. The fourth-order valence-corrected chi connectivity index (χ4v) is 1.92. The Morgan fingerprint density at radius 1 is 0.947 bits per heavy atom. The summed E-state index contributed by atoms with van der Waals surface area (Å²) < 4.78 is 9.78. The van der Waals surface area contributed by atoms with E-state index in [1.165, 1.54) is 0 Å². The maximum atomic E-state index is 11.9. The van der Waals surface area contributed by atoms with E-state index < -0.39 is 23.8 Å². The van der Waals surface area contributed by atoms with Gasteiger partial charge in [0.25, 0.3) is 0 Å². The van der Waals surface area contributed by atoms with Crippen LogP contribution in [0.5, 0.6) is 0 Å². The molecule has 0 aromatic heterocycles. The van der Waals surface area contributed by atoms with Crippen LogP contribution in [-0.2, 0) is 19.1 Å². The van der Waals surface area contributed by atoms with Crippen molar-refractivity contribution in [2.45, 2.75) is 33.1 Å². The Morgan fingerprint density at radius 3 is 1.79 bits per heavy atom. The lowest BCUT2D eigenvalue weighted by molar-refractivity contribution is -0.162. The minimum absolute atomic E-state index is 0.0683. The maximum absolute atomic E-state index is 11.9. The summed E-state index contributed by atoms with van der Waals surface area (Å²) in [5.41, 5.74) is 0. The average Bonchev–Trinajstić information content (AvgIpc) is 2.42. The summed E-state index contributed by atoms with van der Waals surface area (Å²) in [5, 5.41) is 17.3. The highest BCUT2D eigenvalue weighted by Gasteiger charge is 2.33. The van der Waals surface area contributed by atoms with E-state index in [1.54, 1.807) is 6.92 Å². The van der Waals surface area contributed by atoms with E-state index in [4.69, 9.17) is 19.7 Å². The Bertz CT molecular complexity index is 266. The van der Waals surface area contributed by atoms with E-state index in [-0.39, 0.29) is 26.4 Å². The Morgan fingerprint density at radius 2 is 1.42 bits per heavy atom. The zero-order valence-corrected chi connectivity index (χ0v) is 11.6. The summed E-state index contributed by atoms with van der Waals surface area (Å²) in [6.07, 6.45) is 1.73. The van der Waals surface area contributed by atoms with Crippen LogP contribution in [0, 0.1) is 11.8 Å². The molecule has 0 aromatic carbocycles. The predicted molar refractivity (Wildman–Crippen MR) is 68.3 cm³/mol. The predicted octanol–water partition coefficient (Wildman–Crippen LogP) is 0.500. The molecule has 2 N–H and O–H groups in total. The van der Waals surface area contributed by atoms with Crippen LogP contribution in [0.2, 0.25) is 0 Å². The van der Waals surface area contributed by atoms with Gasteiger partial charge in [0.2, 0.25) is 0 Å². The molecule has 6 nitrogen and oxygen atoms in total. The number of carbonyl (C=O) groups excluding carboxylic acids is 2. The summed E-state index contributed by atoms with van der Waals surface area (Å²) in [6, 6.07) is 0. The zero-order chi connectivity index (χ0) is 14.7. The molecular weight excluding hydrogens is 252 g/mol. The second-order valence-electron chi connectivity index (χ2n) is 4.19. The lowest BCUT2D eigenvalue weighted by Gasteiger charge is -2.22. The van der Waals surface area contributed by atoms with E-state index in [9.17, 15) is 9.59 Å². The van der Waals surface area contributed by atoms with Crippen molar-refractivity contribution in [1.29, 1.82) is 0 Å². The van der Waals surface area contributed by atoms with Crippen LogP contribution in [0.3, 0.4) is 0 Å². The Kier molecular flexibility index (Phi) is 10.1. The number of esters is 2. The van der Waals surface area contributed by atoms with Gasteiger partial charge in [-0.3, -0.25) is 9.59 Å². The third-order valence-corrected chi connectivity index (χ3v) is 2.80. The zero-order valence-electron chi connectivity index (χ0n) is 11.6. The quantitative estimate of drug-likeness (QED) is 0.564. The van der Waals surface area contributed by atoms with Crippen LogP contribution in [0.15, 0.2) is 0 Å². The largest absolute Gasteiger partial charge is 0.463 e. The highest BCUT2D eigenvalue weighted by atomic mass is 16.5. The van der Waals surface area contributed by atoms with E-state index in [0.717, 1.165) is 6.42 Å². The summed E-state index contributed by atoms with van der Waals surface area (Å²) in [5.74, 6) is -2.11. The summed E-state index contributed by atoms with van der Waals surface area (Å²) in [4.78, 5) is 23.7. The fraction of sp³-hybridized carbons (Fsp3) is 0.846. The van der Waals surface area contributed by atoms with E-state index >= 15 is 0 Å². The number of rotatable bonds is 10. The van der Waals surface area contributed by atoms with Crippen molar-refractivity contribution >= 4 is 11.9 Å². The lowest BCUT2D eigenvalue weighted by atomic mass is 9.86. The highest BCUT2D eigenvalue weighted by Crippen LogP contribution is 2.24. The SMILES string of the molecule is CCCC(C(=O)OCCO)C(CC)C(=O)OCCO. The van der Waals surface area contributed by atoms with Gasteiger partial charge in [0.1, 0.15) is 13.2 Å². The van der Waals surface area contributed by atoms with Gasteiger partial charge in [0.15, 0.2) is 0 Å². The standard InChI is InChI=1S/C13H24O6/c1-3-5-11(13(17)19-9-7-15)10(4-2)12(16)18-8-6-14/h10-11,14-15H,3-9H2,1-2H3. The first kappa shape index (κ1) is 17.9. The van der Waals surface area contributed by atoms with Gasteiger partial charge in [0.05, 0.1) is 25.0 Å². The summed E-state index contributed by atoms with van der Waals surface area (Å²) >= 11 is 0. The molecule has 2 unspecified atom stereocenters. The number of ether oxygens (including phenoxy) is 2. The van der Waals surface area contributed by atoms with Crippen LogP contribution in [0.4, 0.5) is 0 Å². The molecule has 0 aliphatic heterocycles. The first-order valence-electron chi connectivity index (χ1n) is 6.67. The number of hydrogen-bond donors (Lipinski definition) is 2. The van der Waals surface area contributed by atoms with Crippen LogP contribution < -0.4 is 0 Å². The molecule has 0 aliphatic carbocycles. The third kappa shape index (κ3) is 6.54. The van der Waals surface area contributed by atoms with Gasteiger partial charge in [-0.05, 0) is 12.8 Å². The normalized spacial score (nSPS) is 13.7. The average molecular weight is 276 g/mol. The molecule has 0 rings (SSSR count). The molecule has 0 saturated carbocycles. The van der Waals surface area contributed by atoms with Crippen LogP contribution in [0.25, 0.3) is 0 Å². The second-order valence-corrected chi connectivity index (χ2v) is 4.19. The molecule has 0 radical (unpaired) electrons. The minimum Gasteiger partial charge on any atom is -0.463 e. The fourth-order valence-electron chi connectivity index (χ4n) is 1.92. The second kappa shape index (κ2) is 10.8. The van der Waals surface area contributed by atoms with Crippen LogP contribution in [-0.4, -0.2) is 48.6 Å². The summed E-state index contributed by atoms with van der Waals surface area (Å²) in [7, 11) is 0. The molecule has 0 aromatic rings.